The lowest BCUT2D eigenvalue weighted by atomic mass is 9.82. The third-order valence-electron chi connectivity index (χ3n) is 3.40. The number of ether oxygens (including phenoxy) is 3. The van der Waals surface area contributed by atoms with Crippen LogP contribution in [0.25, 0.3) is 0 Å². The van der Waals surface area contributed by atoms with Gasteiger partial charge in [-0.1, -0.05) is 20.8 Å². The minimum atomic E-state index is -0.290. The van der Waals surface area contributed by atoms with Crippen LogP contribution in [0.1, 0.15) is 39.3 Å². The summed E-state index contributed by atoms with van der Waals surface area (Å²) in [4.78, 5) is 0. The Balaban J connectivity index is 3.28. The first-order valence-electron chi connectivity index (χ1n) is 7.05. The lowest BCUT2D eigenvalue weighted by Gasteiger charge is -2.35. The quantitative estimate of drug-likeness (QED) is 0.836. The van der Waals surface area contributed by atoms with Crippen molar-refractivity contribution in [3.8, 4) is 11.5 Å². The van der Waals surface area contributed by atoms with Crippen LogP contribution in [-0.4, -0.2) is 26.9 Å². The van der Waals surface area contributed by atoms with Crippen LogP contribution < -0.4 is 15.2 Å². The van der Waals surface area contributed by atoms with Crippen molar-refractivity contribution in [1.29, 1.82) is 0 Å². The number of methoxy groups -OCH3 is 2. The fourth-order valence-electron chi connectivity index (χ4n) is 2.42. The van der Waals surface area contributed by atoms with Gasteiger partial charge in [0.2, 0.25) is 0 Å². The molecule has 120 valence electrons. The second-order valence-corrected chi connectivity index (χ2v) is 6.77. The third kappa shape index (κ3) is 4.11. The molecule has 21 heavy (non-hydrogen) atoms. The highest BCUT2D eigenvalue weighted by Crippen LogP contribution is 2.42. The number of rotatable bonds is 6. The van der Waals surface area contributed by atoms with Crippen LogP contribution in [0.15, 0.2) is 16.6 Å². The highest BCUT2D eigenvalue weighted by molar-refractivity contribution is 9.10. The molecule has 4 nitrogen and oxygen atoms in total. The molecule has 0 bridgehead atoms. The molecule has 0 saturated heterocycles. The summed E-state index contributed by atoms with van der Waals surface area (Å²) in [6.45, 7) is 8.97. The molecule has 2 atom stereocenters. The van der Waals surface area contributed by atoms with Crippen LogP contribution in [0, 0.1) is 5.41 Å². The first-order valence-corrected chi connectivity index (χ1v) is 7.84. The SMILES string of the molecule is CCOC(C(N)c1ccc(OC)c(Br)c1OC)C(C)(C)C. The monoisotopic (exact) mass is 359 g/mol. The fourth-order valence-corrected chi connectivity index (χ4v) is 3.10. The summed E-state index contributed by atoms with van der Waals surface area (Å²) in [5.41, 5.74) is 7.31. The molecule has 0 fully saturated rings. The van der Waals surface area contributed by atoms with E-state index in [1.165, 1.54) is 0 Å². The van der Waals surface area contributed by atoms with E-state index < -0.39 is 0 Å². The highest BCUT2D eigenvalue weighted by atomic mass is 79.9. The Morgan fingerprint density at radius 3 is 2.24 bits per heavy atom. The predicted molar refractivity (Wildman–Crippen MR) is 89.0 cm³/mol. The molecule has 0 radical (unpaired) electrons. The molecule has 1 aromatic carbocycles. The van der Waals surface area contributed by atoms with Gasteiger partial charge in [0, 0.05) is 12.2 Å². The lowest BCUT2D eigenvalue weighted by Crippen LogP contribution is -2.39. The Bertz CT molecular complexity index is 471. The summed E-state index contributed by atoms with van der Waals surface area (Å²) in [6, 6.07) is 3.53. The van der Waals surface area contributed by atoms with Gasteiger partial charge in [-0.3, -0.25) is 0 Å². The minimum Gasteiger partial charge on any atom is -0.495 e. The van der Waals surface area contributed by atoms with E-state index >= 15 is 0 Å². The number of benzene rings is 1. The van der Waals surface area contributed by atoms with Crippen LogP contribution in [-0.2, 0) is 4.74 Å². The van der Waals surface area contributed by atoms with Crippen molar-refractivity contribution in [2.75, 3.05) is 20.8 Å². The van der Waals surface area contributed by atoms with Crippen molar-refractivity contribution in [2.24, 2.45) is 11.1 Å². The molecule has 0 aliphatic rings. The minimum absolute atomic E-state index is 0.0765. The van der Waals surface area contributed by atoms with Gasteiger partial charge >= 0.3 is 0 Å². The van der Waals surface area contributed by atoms with Gasteiger partial charge in [0.25, 0.3) is 0 Å². The number of hydrogen-bond donors (Lipinski definition) is 1. The molecule has 0 saturated carbocycles. The van der Waals surface area contributed by atoms with Crippen molar-refractivity contribution in [1.82, 2.24) is 0 Å². The Hall–Kier alpha value is -0.780. The largest absolute Gasteiger partial charge is 0.495 e. The van der Waals surface area contributed by atoms with Crippen molar-refractivity contribution < 1.29 is 14.2 Å². The molecule has 5 heteroatoms. The Morgan fingerprint density at radius 2 is 1.81 bits per heavy atom. The standard InChI is InChI=1S/C16H26BrNO3/c1-7-21-15(16(2,3)4)13(18)10-8-9-11(19-5)12(17)14(10)20-6/h8-9,13,15H,7,18H2,1-6H3. The maximum Gasteiger partial charge on any atom is 0.141 e. The Morgan fingerprint density at radius 1 is 1.19 bits per heavy atom. The molecule has 1 rings (SSSR count). The summed E-state index contributed by atoms with van der Waals surface area (Å²) in [6.07, 6.45) is -0.114. The normalized spacial score (nSPS) is 14.7. The maximum atomic E-state index is 6.48. The third-order valence-corrected chi connectivity index (χ3v) is 4.15. The van der Waals surface area contributed by atoms with Crippen LogP contribution in [0.4, 0.5) is 0 Å². The molecule has 0 aliphatic heterocycles. The van der Waals surface area contributed by atoms with E-state index in [1.807, 2.05) is 19.1 Å². The summed E-state index contributed by atoms with van der Waals surface area (Å²) < 4.78 is 17.5. The van der Waals surface area contributed by atoms with E-state index in [2.05, 4.69) is 36.7 Å². The van der Waals surface area contributed by atoms with Crippen LogP contribution >= 0.6 is 15.9 Å². The summed E-state index contributed by atoms with van der Waals surface area (Å²) >= 11 is 3.51. The molecular weight excluding hydrogens is 334 g/mol. The molecule has 0 aromatic heterocycles. The summed E-state index contributed by atoms with van der Waals surface area (Å²) in [5.74, 6) is 1.40. The van der Waals surface area contributed by atoms with Crippen molar-refractivity contribution in [2.45, 2.75) is 39.8 Å². The van der Waals surface area contributed by atoms with Crippen LogP contribution in [0.2, 0.25) is 0 Å². The van der Waals surface area contributed by atoms with Gasteiger partial charge in [0.15, 0.2) is 0 Å². The number of halogens is 1. The van der Waals surface area contributed by atoms with Gasteiger partial charge in [-0.2, -0.15) is 0 Å². The van der Waals surface area contributed by atoms with Gasteiger partial charge in [0.1, 0.15) is 16.0 Å². The van der Waals surface area contributed by atoms with E-state index in [-0.39, 0.29) is 17.6 Å². The zero-order valence-electron chi connectivity index (χ0n) is 13.7. The zero-order chi connectivity index (χ0) is 16.2. The van der Waals surface area contributed by atoms with E-state index in [1.54, 1.807) is 14.2 Å². The zero-order valence-corrected chi connectivity index (χ0v) is 15.3. The van der Waals surface area contributed by atoms with E-state index in [0.29, 0.717) is 18.1 Å². The Kier molecular flexibility index (Phi) is 6.50. The molecule has 2 unspecified atom stereocenters. The van der Waals surface area contributed by atoms with Crippen LogP contribution in [0.5, 0.6) is 11.5 Å². The molecule has 2 N–H and O–H groups in total. The summed E-state index contributed by atoms with van der Waals surface area (Å²) in [7, 11) is 3.25. The van der Waals surface area contributed by atoms with Gasteiger partial charge in [-0.05, 0) is 40.4 Å². The molecule has 0 amide bonds. The molecular formula is C16H26BrNO3. The first kappa shape index (κ1) is 18.3. The van der Waals surface area contributed by atoms with Gasteiger partial charge < -0.3 is 19.9 Å². The van der Waals surface area contributed by atoms with Crippen molar-refractivity contribution >= 4 is 15.9 Å². The molecule has 0 spiro atoms. The lowest BCUT2D eigenvalue weighted by molar-refractivity contribution is -0.0287. The molecule has 0 aliphatic carbocycles. The first-order chi connectivity index (χ1) is 9.77. The van der Waals surface area contributed by atoms with Gasteiger partial charge in [0.05, 0.1) is 26.4 Å². The average Bonchev–Trinajstić information content (AvgIpc) is 2.42. The van der Waals surface area contributed by atoms with Crippen molar-refractivity contribution in [3.05, 3.63) is 22.2 Å². The average molecular weight is 360 g/mol. The molecule has 1 aromatic rings. The second-order valence-electron chi connectivity index (χ2n) is 5.97. The number of nitrogens with two attached hydrogens (primary N) is 1. The Labute approximate surface area is 136 Å². The van der Waals surface area contributed by atoms with Gasteiger partial charge in [-0.15, -0.1) is 0 Å². The predicted octanol–water partition coefficient (Wildman–Crippen LogP) is 3.92. The number of hydrogen-bond acceptors (Lipinski definition) is 4. The van der Waals surface area contributed by atoms with Crippen LogP contribution in [0.3, 0.4) is 0 Å². The highest BCUT2D eigenvalue weighted by Gasteiger charge is 2.34. The topological polar surface area (TPSA) is 53.7 Å². The van der Waals surface area contributed by atoms with E-state index in [4.69, 9.17) is 19.9 Å². The maximum absolute atomic E-state index is 6.48. The fraction of sp³-hybridized carbons (Fsp3) is 0.625. The van der Waals surface area contributed by atoms with E-state index in [0.717, 1.165) is 10.0 Å². The van der Waals surface area contributed by atoms with Gasteiger partial charge in [-0.25, -0.2) is 0 Å². The molecule has 0 heterocycles. The van der Waals surface area contributed by atoms with E-state index in [9.17, 15) is 0 Å². The smallest absolute Gasteiger partial charge is 0.141 e. The second kappa shape index (κ2) is 7.47. The van der Waals surface area contributed by atoms with Crippen molar-refractivity contribution in [3.63, 3.8) is 0 Å². The summed E-state index contributed by atoms with van der Waals surface area (Å²) in [5, 5.41) is 0.